The summed E-state index contributed by atoms with van der Waals surface area (Å²) >= 11 is 1.42. The number of likely N-dealkylation sites (tertiary alicyclic amines) is 1. The lowest BCUT2D eigenvalue weighted by atomic mass is 9.87. The Balaban J connectivity index is 1.49. The zero-order valence-corrected chi connectivity index (χ0v) is 25.4. The summed E-state index contributed by atoms with van der Waals surface area (Å²) in [7, 11) is 3.95. The van der Waals surface area contributed by atoms with E-state index in [-0.39, 0.29) is 12.0 Å². The number of rotatable bonds is 10. The van der Waals surface area contributed by atoms with Crippen molar-refractivity contribution >= 4 is 17.9 Å². The fourth-order valence-corrected chi connectivity index (χ4v) is 6.04. The van der Waals surface area contributed by atoms with E-state index in [2.05, 4.69) is 78.9 Å². The zero-order chi connectivity index (χ0) is 28.9. The number of hydrogen-bond donors (Lipinski definition) is 2. The number of aromatic nitrogens is 4. The van der Waals surface area contributed by atoms with E-state index in [9.17, 15) is 5.11 Å². The van der Waals surface area contributed by atoms with Crippen LogP contribution in [0.1, 0.15) is 49.8 Å². The summed E-state index contributed by atoms with van der Waals surface area (Å²) in [5.74, 6) is 2.37. The van der Waals surface area contributed by atoms with Gasteiger partial charge in [0, 0.05) is 36.8 Å². The lowest BCUT2D eigenvalue weighted by molar-refractivity contribution is 0.0638. The Kier molecular flexibility index (Phi) is 9.27. The lowest BCUT2D eigenvalue weighted by Crippen LogP contribution is -2.40. The van der Waals surface area contributed by atoms with Gasteiger partial charge in [0.2, 0.25) is 11.8 Å². The quantitative estimate of drug-likeness (QED) is 0.213. The molecule has 9 heteroatoms. The molecule has 8 nitrogen and oxygen atoms in total. The van der Waals surface area contributed by atoms with Gasteiger partial charge in [-0.05, 0) is 74.0 Å². The summed E-state index contributed by atoms with van der Waals surface area (Å²) in [6.07, 6.45) is 5.99. The molecule has 1 saturated heterocycles. The highest BCUT2D eigenvalue weighted by Gasteiger charge is 2.27. The number of ether oxygens (including phenoxy) is 1. The molecule has 0 saturated carbocycles. The molecule has 1 aliphatic heterocycles. The summed E-state index contributed by atoms with van der Waals surface area (Å²) in [4.78, 5) is 13.0. The molecular weight excluding hydrogens is 532 g/mol. The number of likely N-dealkylation sites (N-methyl/N-ethyl adjacent to an activating group) is 1. The van der Waals surface area contributed by atoms with Crippen LogP contribution in [0.4, 0.5) is 5.95 Å². The molecular formula is C32H40N6O2S. The third-order valence-electron chi connectivity index (χ3n) is 7.47. The second-order valence-corrected chi connectivity index (χ2v) is 12.1. The number of benzene rings is 2. The van der Waals surface area contributed by atoms with Gasteiger partial charge >= 0.3 is 0 Å². The van der Waals surface area contributed by atoms with Gasteiger partial charge in [0.25, 0.3) is 0 Å². The van der Waals surface area contributed by atoms with Crippen LogP contribution in [-0.2, 0) is 19.9 Å². The van der Waals surface area contributed by atoms with Crippen LogP contribution in [0.3, 0.4) is 0 Å². The molecule has 0 amide bonds. The van der Waals surface area contributed by atoms with E-state index in [1.807, 2.05) is 25.4 Å². The Hall–Kier alpha value is -3.40. The van der Waals surface area contributed by atoms with Crippen molar-refractivity contribution in [3.8, 4) is 22.9 Å². The van der Waals surface area contributed by atoms with Crippen LogP contribution in [0.5, 0.6) is 11.6 Å². The Morgan fingerprint density at radius 2 is 1.88 bits per heavy atom. The molecule has 4 aromatic rings. The molecule has 2 unspecified atom stereocenters. The largest absolute Gasteiger partial charge is 0.439 e. The number of piperidine rings is 1. The van der Waals surface area contributed by atoms with Crippen LogP contribution in [-0.4, -0.2) is 56.0 Å². The van der Waals surface area contributed by atoms with Crippen LogP contribution in [0.15, 0.2) is 65.8 Å². The minimum absolute atomic E-state index is 0.134. The molecule has 0 aliphatic carbocycles. The number of aliphatic hydroxyl groups excluding tert-OH is 1. The molecule has 41 heavy (non-hydrogen) atoms. The number of nitrogens with one attached hydrogen (secondary N) is 1. The molecule has 0 radical (unpaired) electrons. The third-order valence-corrected chi connectivity index (χ3v) is 8.20. The van der Waals surface area contributed by atoms with E-state index in [0.29, 0.717) is 30.0 Å². The van der Waals surface area contributed by atoms with Crippen molar-refractivity contribution in [2.45, 2.75) is 57.0 Å². The molecule has 0 spiro atoms. The predicted molar refractivity (Wildman–Crippen MR) is 165 cm³/mol. The van der Waals surface area contributed by atoms with Crippen LogP contribution in [0.25, 0.3) is 11.3 Å². The third kappa shape index (κ3) is 7.09. The van der Waals surface area contributed by atoms with Crippen molar-refractivity contribution in [3.63, 3.8) is 0 Å². The van der Waals surface area contributed by atoms with Crippen LogP contribution < -0.4 is 9.46 Å². The number of β-amino-alcohol motifs (C(OH)–C–C–N with tert-alkyl or cyclic N) is 1. The van der Waals surface area contributed by atoms with Crippen LogP contribution in [0.2, 0.25) is 0 Å². The van der Waals surface area contributed by atoms with E-state index >= 15 is 0 Å². The van der Waals surface area contributed by atoms with E-state index < -0.39 is 0 Å². The first-order valence-corrected chi connectivity index (χ1v) is 15.2. The Morgan fingerprint density at radius 3 is 2.56 bits per heavy atom. The van der Waals surface area contributed by atoms with E-state index in [4.69, 9.17) is 14.7 Å². The molecule has 3 heterocycles. The summed E-state index contributed by atoms with van der Waals surface area (Å²) in [5.41, 5.74) is 5.34. The van der Waals surface area contributed by atoms with Gasteiger partial charge in [-0.3, -0.25) is 9.40 Å². The molecule has 2 N–H and O–H groups in total. The van der Waals surface area contributed by atoms with E-state index in [0.717, 1.165) is 53.1 Å². The average Bonchev–Trinajstić information content (AvgIpc) is 3.37. The Morgan fingerprint density at radius 1 is 1.10 bits per heavy atom. The number of aryl methyl sites for hydroxylation is 1. The fraction of sp³-hybridized carbons (Fsp3) is 0.406. The zero-order valence-electron chi connectivity index (χ0n) is 24.5. The van der Waals surface area contributed by atoms with Gasteiger partial charge in [-0.25, -0.2) is 4.98 Å². The minimum atomic E-state index is -0.367. The SMILES string of the molecule is CCc1c(Oc2ccc(C3CCN(C)CC3O)cc2)nc(NSc2cnn(C)c2)nc1-c1ccccc1CC(C)C. The topological polar surface area (TPSA) is 88.3 Å². The summed E-state index contributed by atoms with van der Waals surface area (Å²) in [5, 5.41) is 14.9. The highest BCUT2D eigenvalue weighted by Crippen LogP contribution is 2.36. The molecule has 5 rings (SSSR count). The predicted octanol–water partition coefficient (Wildman–Crippen LogP) is 6.33. The fourth-order valence-electron chi connectivity index (χ4n) is 5.43. The van der Waals surface area contributed by atoms with E-state index in [1.165, 1.54) is 17.5 Å². The molecule has 2 aromatic carbocycles. The van der Waals surface area contributed by atoms with Gasteiger partial charge in [0.05, 0.1) is 22.9 Å². The highest BCUT2D eigenvalue weighted by atomic mass is 32.2. The first kappa shape index (κ1) is 29.1. The molecule has 216 valence electrons. The molecule has 2 atom stereocenters. The average molecular weight is 573 g/mol. The Bertz CT molecular complexity index is 1460. The molecule has 0 bridgehead atoms. The number of nitrogens with zero attached hydrogens (tertiary/aromatic N) is 5. The van der Waals surface area contributed by atoms with Gasteiger partial charge < -0.3 is 14.7 Å². The van der Waals surface area contributed by atoms with Crippen LogP contribution in [0, 0.1) is 5.92 Å². The first-order valence-electron chi connectivity index (χ1n) is 14.4. The number of anilines is 1. The first-order chi connectivity index (χ1) is 19.8. The minimum Gasteiger partial charge on any atom is -0.439 e. The van der Waals surface area contributed by atoms with E-state index in [1.54, 1.807) is 10.9 Å². The van der Waals surface area contributed by atoms with Crippen molar-refractivity contribution in [1.29, 1.82) is 0 Å². The van der Waals surface area contributed by atoms with Crippen molar-refractivity contribution in [2.75, 3.05) is 24.9 Å². The Labute approximate surface area is 247 Å². The molecule has 1 aliphatic rings. The highest BCUT2D eigenvalue weighted by molar-refractivity contribution is 8.00. The second kappa shape index (κ2) is 13.1. The van der Waals surface area contributed by atoms with Crippen molar-refractivity contribution in [2.24, 2.45) is 13.0 Å². The van der Waals surface area contributed by atoms with Crippen LogP contribution >= 0.6 is 11.9 Å². The van der Waals surface area contributed by atoms with Crippen molar-refractivity contribution < 1.29 is 9.84 Å². The molecule has 1 fully saturated rings. The van der Waals surface area contributed by atoms with Gasteiger partial charge in [0.1, 0.15) is 5.75 Å². The van der Waals surface area contributed by atoms with Gasteiger partial charge in [-0.2, -0.15) is 10.1 Å². The van der Waals surface area contributed by atoms with Gasteiger partial charge in [0.15, 0.2) is 0 Å². The lowest BCUT2D eigenvalue weighted by Gasteiger charge is -2.34. The maximum absolute atomic E-state index is 10.6. The summed E-state index contributed by atoms with van der Waals surface area (Å²) in [6.45, 7) is 8.25. The van der Waals surface area contributed by atoms with Gasteiger partial charge in [-0.1, -0.05) is 57.2 Å². The maximum atomic E-state index is 10.6. The van der Waals surface area contributed by atoms with Gasteiger partial charge in [-0.15, -0.1) is 0 Å². The maximum Gasteiger partial charge on any atom is 0.237 e. The summed E-state index contributed by atoms with van der Waals surface area (Å²) in [6, 6.07) is 16.6. The van der Waals surface area contributed by atoms with Crippen molar-refractivity contribution in [1.82, 2.24) is 24.6 Å². The standard InChI is InChI=1S/C32H40N6O2S/c1-6-26-30(28-10-8-7-9-23(28)17-21(2)3)34-32(36-41-25-18-33-38(5)19-25)35-31(26)40-24-13-11-22(12-14-24)27-15-16-37(4)20-29(27)39/h7-14,18-19,21,27,29,39H,6,15-17,20H2,1-5H3,(H,34,35,36). The summed E-state index contributed by atoms with van der Waals surface area (Å²) < 4.78 is 11.6. The normalized spacial score (nSPS) is 17.6. The van der Waals surface area contributed by atoms with Crippen molar-refractivity contribution in [3.05, 3.63) is 77.6 Å². The second-order valence-electron chi connectivity index (χ2n) is 11.2. The number of hydrogen-bond acceptors (Lipinski definition) is 8. The smallest absolute Gasteiger partial charge is 0.237 e. The number of aliphatic hydroxyl groups is 1. The monoisotopic (exact) mass is 572 g/mol. The molecule has 2 aromatic heterocycles.